The molecule has 0 spiro atoms. The van der Waals surface area contributed by atoms with E-state index in [1.54, 1.807) is 12.1 Å². The predicted molar refractivity (Wildman–Crippen MR) is 126 cm³/mol. The Morgan fingerprint density at radius 1 is 1.03 bits per heavy atom. The zero-order valence-corrected chi connectivity index (χ0v) is 18.9. The van der Waals surface area contributed by atoms with Crippen LogP contribution in [-0.4, -0.2) is 28.2 Å². The summed E-state index contributed by atoms with van der Waals surface area (Å²) in [5, 5.41) is 13.3. The van der Waals surface area contributed by atoms with E-state index < -0.39 is 5.82 Å². The Labute approximate surface area is 193 Å². The van der Waals surface area contributed by atoms with Gasteiger partial charge in [0.2, 0.25) is 0 Å². The number of aryl methyl sites for hydroxylation is 3. The second-order valence-corrected chi connectivity index (χ2v) is 8.96. The van der Waals surface area contributed by atoms with Crippen LogP contribution in [0, 0.1) is 11.7 Å². The molecule has 0 bridgehead atoms. The highest BCUT2D eigenvalue weighted by Gasteiger charge is 2.14. The van der Waals surface area contributed by atoms with Gasteiger partial charge < -0.3 is 10.4 Å². The van der Waals surface area contributed by atoms with Crippen molar-refractivity contribution in [2.24, 2.45) is 5.92 Å². The molecule has 2 N–H and O–H groups in total. The van der Waals surface area contributed by atoms with Crippen molar-refractivity contribution >= 4 is 11.6 Å². The lowest BCUT2D eigenvalue weighted by Crippen LogP contribution is -2.27. The Morgan fingerprint density at radius 2 is 1.84 bits per heavy atom. The van der Waals surface area contributed by atoms with Crippen molar-refractivity contribution in [1.82, 2.24) is 15.3 Å². The van der Waals surface area contributed by atoms with Crippen LogP contribution in [0.3, 0.4) is 0 Å². The van der Waals surface area contributed by atoms with Crippen LogP contribution in [0.2, 0.25) is 5.02 Å². The van der Waals surface area contributed by atoms with Crippen LogP contribution in [0.4, 0.5) is 4.39 Å². The summed E-state index contributed by atoms with van der Waals surface area (Å²) in [5.41, 5.74) is 3.44. The summed E-state index contributed by atoms with van der Waals surface area (Å²) in [6, 6.07) is 13.3. The number of aromatic hydroxyl groups is 1. The van der Waals surface area contributed by atoms with Gasteiger partial charge in [0, 0.05) is 12.0 Å². The van der Waals surface area contributed by atoms with Crippen molar-refractivity contribution in [1.29, 1.82) is 0 Å². The first kappa shape index (κ1) is 22.7. The maximum Gasteiger partial charge on any atom is 0.167 e. The van der Waals surface area contributed by atoms with Gasteiger partial charge in [-0.25, -0.2) is 14.4 Å². The summed E-state index contributed by atoms with van der Waals surface area (Å²) in [5.74, 6) is 1.09. The molecule has 2 heterocycles. The van der Waals surface area contributed by atoms with Gasteiger partial charge in [-0.15, -0.1) is 0 Å². The molecule has 0 aliphatic carbocycles. The molecular weight excluding hydrogens is 425 g/mol. The van der Waals surface area contributed by atoms with Crippen LogP contribution in [0.5, 0.6) is 5.75 Å². The summed E-state index contributed by atoms with van der Waals surface area (Å²) in [4.78, 5) is 8.73. The van der Waals surface area contributed by atoms with Gasteiger partial charge in [0.1, 0.15) is 17.3 Å². The first-order chi connectivity index (χ1) is 15.6. The van der Waals surface area contributed by atoms with E-state index >= 15 is 0 Å². The van der Waals surface area contributed by atoms with Crippen molar-refractivity contribution in [2.45, 2.75) is 44.9 Å². The van der Waals surface area contributed by atoms with E-state index in [-0.39, 0.29) is 5.75 Å². The summed E-state index contributed by atoms with van der Waals surface area (Å²) in [6.45, 7) is 2.22. The van der Waals surface area contributed by atoms with Crippen LogP contribution in [0.1, 0.15) is 42.6 Å². The van der Waals surface area contributed by atoms with E-state index in [9.17, 15) is 9.50 Å². The van der Waals surface area contributed by atoms with E-state index in [0.717, 1.165) is 49.4 Å². The topological polar surface area (TPSA) is 58.0 Å². The number of hydrogen-bond acceptors (Lipinski definition) is 4. The molecule has 1 fully saturated rings. The molecule has 4 rings (SSSR count). The molecule has 0 saturated carbocycles. The molecule has 6 heteroatoms. The minimum absolute atomic E-state index is 0.0832. The van der Waals surface area contributed by atoms with E-state index in [1.807, 2.05) is 18.2 Å². The van der Waals surface area contributed by atoms with Gasteiger partial charge in [-0.3, -0.25) is 0 Å². The summed E-state index contributed by atoms with van der Waals surface area (Å²) in [6.07, 6.45) is 8.15. The molecule has 3 aromatic rings. The van der Waals surface area contributed by atoms with Gasteiger partial charge >= 0.3 is 0 Å². The molecule has 4 nitrogen and oxygen atoms in total. The Hall–Kier alpha value is -2.50. The molecule has 1 aliphatic rings. The molecule has 0 amide bonds. The number of nitrogens with one attached hydrogen (secondary N) is 1. The third-order valence-electron chi connectivity index (χ3n) is 6.17. The summed E-state index contributed by atoms with van der Waals surface area (Å²) < 4.78 is 14.6. The SMILES string of the molecule is Oc1ccc(CCCc2ncc(F)c(-c3cccc(CCC4CCNCC4)c3)n2)cc1Cl. The van der Waals surface area contributed by atoms with Crippen molar-refractivity contribution in [3.05, 3.63) is 76.5 Å². The molecule has 1 aliphatic heterocycles. The van der Waals surface area contributed by atoms with Crippen molar-refractivity contribution in [2.75, 3.05) is 13.1 Å². The normalized spacial score (nSPS) is 14.6. The van der Waals surface area contributed by atoms with Crippen LogP contribution in [0.15, 0.2) is 48.7 Å². The minimum atomic E-state index is -0.394. The maximum atomic E-state index is 14.6. The third kappa shape index (κ3) is 6.05. The number of halogens is 2. The average Bonchev–Trinajstić information content (AvgIpc) is 2.82. The molecule has 168 valence electrons. The van der Waals surface area contributed by atoms with Gasteiger partial charge in [-0.1, -0.05) is 35.9 Å². The minimum Gasteiger partial charge on any atom is -0.506 e. The van der Waals surface area contributed by atoms with Gasteiger partial charge in [-0.05, 0) is 86.9 Å². The Bertz CT molecular complexity index is 1050. The third-order valence-corrected chi connectivity index (χ3v) is 6.48. The Kier molecular flexibility index (Phi) is 7.72. The number of hydrogen-bond donors (Lipinski definition) is 2. The highest BCUT2D eigenvalue weighted by Crippen LogP contribution is 2.26. The number of phenolic OH excluding ortho intramolecular Hbond substituents is 1. The van der Waals surface area contributed by atoms with Crippen LogP contribution in [-0.2, 0) is 19.3 Å². The fourth-order valence-electron chi connectivity index (χ4n) is 4.30. The van der Waals surface area contributed by atoms with Gasteiger partial charge in [0.25, 0.3) is 0 Å². The molecule has 1 aromatic heterocycles. The van der Waals surface area contributed by atoms with E-state index in [4.69, 9.17) is 11.6 Å². The van der Waals surface area contributed by atoms with Gasteiger partial charge in [-0.2, -0.15) is 0 Å². The molecule has 0 atom stereocenters. The maximum absolute atomic E-state index is 14.6. The number of rotatable bonds is 8. The highest BCUT2D eigenvalue weighted by molar-refractivity contribution is 6.32. The highest BCUT2D eigenvalue weighted by atomic mass is 35.5. The van der Waals surface area contributed by atoms with E-state index in [2.05, 4.69) is 27.4 Å². The lowest BCUT2D eigenvalue weighted by Gasteiger charge is -2.22. The number of phenols is 1. The lowest BCUT2D eigenvalue weighted by molar-refractivity contribution is 0.354. The zero-order valence-electron chi connectivity index (χ0n) is 18.2. The molecule has 0 unspecified atom stereocenters. The van der Waals surface area contributed by atoms with E-state index in [1.165, 1.54) is 31.0 Å². The van der Waals surface area contributed by atoms with Crippen LogP contribution < -0.4 is 5.32 Å². The quantitative estimate of drug-likeness (QED) is 0.456. The van der Waals surface area contributed by atoms with Gasteiger partial charge in [0.05, 0.1) is 11.2 Å². The van der Waals surface area contributed by atoms with Crippen molar-refractivity contribution in [3.8, 4) is 17.0 Å². The lowest BCUT2D eigenvalue weighted by atomic mass is 9.91. The first-order valence-electron chi connectivity index (χ1n) is 11.4. The second-order valence-electron chi connectivity index (χ2n) is 8.55. The Morgan fingerprint density at radius 3 is 2.66 bits per heavy atom. The standard InChI is InChI=1S/C26H29ClFN3O/c27-22-16-20(9-10-24(22)32)4-2-6-25-30-17-23(28)26(31-25)21-5-1-3-19(15-21)8-7-18-11-13-29-14-12-18/h1,3,5,9-10,15-18,29,32H,2,4,6-8,11-14H2. The number of aromatic nitrogens is 2. The van der Waals surface area contributed by atoms with Crippen LogP contribution >= 0.6 is 11.6 Å². The number of benzene rings is 2. The fourth-order valence-corrected chi connectivity index (χ4v) is 4.50. The van der Waals surface area contributed by atoms with Crippen LogP contribution in [0.25, 0.3) is 11.3 Å². The predicted octanol–water partition coefficient (Wildman–Crippen LogP) is 5.75. The second kappa shape index (κ2) is 10.9. The molecule has 0 radical (unpaired) electrons. The molecule has 2 aromatic carbocycles. The van der Waals surface area contributed by atoms with E-state index in [0.29, 0.717) is 23.0 Å². The summed E-state index contributed by atoms with van der Waals surface area (Å²) in [7, 11) is 0. The molecular formula is C26H29ClFN3O. The molecule has 32 heavy (non-hydrogen) atoms. The number of piperidine rings is 1. The first-order valence-corrected chi connectivity index (χ1v) is 11.7. The largest absolute Gasteiger partial charge is 0.506 e. The van der Waals surface area contributed by atoms with Crippen molar-refractivity contribution < 1.29 is 9.50 Å². The van der Waals surface area contributed by atoms with Crippen molar-refractivity contribution in [3.63, 3.8) is 0 Å². The summed E-state index contributed by atoms with van der Waals surface area (Å²) >= 11 is 5.98. The smallest absolute Gasteiger partial charge is 0.167 e. The van der Waals surface area contributed by atoms with Gasteiger partial charge in [0.15, 0.2) is 5.82 Å². The number of nitrogens with zero attached hydrogens (tertiary/aromatic N) is 2. The average molecular weight is 454 g/mol. The zero-order chi connectivity index (χ0) is 22.3. The Balaban J connectivity index is 1.40. The molecule has 1 saturated heterocycles. The fraction of sp³-hybridized carbons (Fsp3) is 0.385. The monoisotopic (exact) mass is 453 g/mol.